The Morgan fingerprint density at radius 1 is 1.36 bits per heavy atom. The smallest absolute Gasteiger partial charge is 0.0469 e. The molecule has 14 heavy (non-hydrogen) atoms. The lowest BCUT2D eigenvalue weighted by atomic mass is 10.0. The molecule has 1 fully saturated rings. The third-order valence-corrected chi connectivity index (χ3v) is 4.00. The zero-order chi connectivity index (χ0) is 10.4. The first-order valence-electron chi connectivity index (χ1n) is 5.61. The lowest BCUT2D eigenvalue weighted by molar-refractivity contribution is 0.111. The topological polar surface area (TPSA) is 35.2 Å². The molecule has 0 aromatic carbocycles. The Morgan fingerprint density at radius 2 is 2.14 bits per heavy atom. The first-order valence-corrected chi connectivity index (χ1v) is 6.76. The van der Waals surface area contributed by atoms with Crippen LogP contribution in [0.15, 0.2) is 0 Å². The molecule has 1 aliphatic heterocycles. The van der Waals surface area contributed by atoms with Gasteiger partial charge in [-0.2, -0.15) is 11.8 Å². The van der Waals surface area contributed by atoms with Crippen LogP contribution in [0, 0.1) is 11.8 Å². The van der Waals surface area contributed by atoms with E-state index in [1.807, 2.05) is 11.8 Å². The minimum absolute atomic E-state index is 0.411. The normalized spacial score (nSPS) is 27.4. The van der Waals surface area contributed by atoms with Gasteiger partial charge in [-0.05, 0) is 30.4 Å². The van der Waals surface area contributed by atoms with Gasteiger partial charge in [0.15, 0.2) is 0 Å². The van der Waals surface area contributed by atoms with E-state index in [1.54, 1.807) is 0 Å². The van der Waals surface area contributed by atoms with Crippen molar-refractivity contribution in [3.05, 3.63) is 0 Å². The minimum atomic E-state index is 0.411. The Labute approximate surface area is 92.0 Å². The quantitative estimate of drug-likeness (QED) is 0.692. The van der Waals surface area contributed by atoms with Crippen LogP contribution >= 0.6 is 11.8 Å². The van der Waals surface area contributed by atoms with Crippen LogP contribution in [0.2, 0.25) is 0 Å². The summed E-state index contributed by atoms with van der Waals surface area (Å²) in [5, 5.41) is 0. The molecule has 0 radical (unpaired) electrons. The second kappa shape index (κ2) is 6.70. The zero-order valence-corrected chi connectivity index (χ0v) is 10.2. The lowest BCUT2D eigenvalue weighted by Gasteiger charge is -2.14. The number of thioether (sulfide) groups is 1. The molecule has 0 aromatic heterocycles. The maximum absolute atomic E-state index is 5.97. The molecule has 0 spiro atoms. The van der Waals surface area contributed by atoms with Crippen LogP contribution in [-0.4, -0.2) is 30.8 Å². The highest BCUT2D eigenvalue weighted by Gasteiger charge is 2.23. The van der Waals surface area contributed by atoms with Crippen LogP contribution in [-0.2, 0) is 4.74 Å². The fourth-order valence-corrected chi connectivity index (χ4v) is 2.97. The van der Waals surface area contributed by atoms with Crippen molar-refractivity contribution in [2.45, 2.75) is 32.7 Å². The molecule has 1 rings (SSSR count). The van der Waals surface area contributed by atoms with Gasteiger partial charge in [0, 0.05) is 25.0 Å². The van der Waals surface area contributed by atoms with Gasteiger partial charge in [-0.3, -0.25) is 0 Å². The van der Waals surface area contributed by atoms with Gasteiger partial charge >= 0.3 is 0 Å². The van der Waals surface area contributed by atoms with Crippen LogP contribution in [0.5, 0.6) is 0 Å². The fraction of sp³-hybridized carbons (Fsp3) is 1.00. The molecule has 1 saturated heterocycles. The van der Waals surface area contributed by atoms with E-state index in [4.69, 9.17) is 10.5 Å². The summed E-state index contributed by atoms with van der Waals surface area (Å²) in [6.45, 7) is 6.26. The Hall–Kier alpha value is 0.270. The molecule has 2 N–H and O–H groups in total. The van der Waals surface area contributed by atoms with Crippen molar-refractivity contribution >= 4 is 11.8 Å². The molecule has 0 saturated carbocycles. The van der Waals surface area contributed by atoms with E-state index in [-0.39, 0.29) is 0 Å². The van der Waals surface area contributed by atoms with E-state index in [0.29, 0.717) is 12.0 Å². The molecule has 0 bridgehead atoms. The van der Waals surface area contributed by atoms with E-state index >= 15 is 0 Å². The highest BCUT2D eigenvalue weighted by atomic mass is 32.2. The van der Waals surface area contributed by atoms with Crippen molar-refractivity contribution in [2.75, 3.05) is 24.7 Å². The predicted molar refractivity (Wildman–Crippen MR) is 63.7 cm³/mol. The predicted octanol–water partition coefficient (Wildman–Crippen LogP) is 2.13. The van der Waals surface area contributed by atoms with Crippen molar-refractivity contribution in [3.8, 4) is 0 Å². The molecular formula is C11H23NOS. The van der Waals surface area contributed by atoms with Gasteiger partial charge in [-0.25, -0.2) is 0 Å². The number of hydrogen-bond donors (Lipinski definition) is 1. The molecular weight excluding hydrogens is 194 g/mol. The van der Waals surface area contributed by atoms with E-state index in [1.165, 1.54) is 12.2 Å². The van der Waals surface area contributed by atoms with Gasteiger partial charge in [-0.15, -0.1) is 0 Å². The second-order valence-electron chi connectivity index (χ2n) is 4.54. The van der Waals surface area contributed by atoms with Crippen LogP contribution in [0.4, 0.5) is 0 Å². The number of hydrogen-bond acceptors (Lipinski definition) is 3. The summed E-state index contributed by atoms with van der Waals surface area (Å²) in [7, 11) is 0. The van der Waals surface area contributed by atoms with Crippen LogP contribution in [0.3, 0.4) is 0 Å². The third kappa shape index (κ3) is 4.67. The van der Waals surface area contributed by atoms with Crippen molar-refractivity contribution in [2.24, 2.45) is 17.6 Å². The fourth-order valence-electron chi connectivity index (χ4n) is 1.57. The van der Waals surface area contributed by atoms with E-state index in [9.17, 15) is 0 Å². The van der Waals surface area contributed by atoms with E-state index in [2.05, 4.69) is 13.8 Å². The summed E-state index contributed by atoms with van der Waals surface area (Å²) in [6.07, 6.45) is 2.32. The van der Waals surface area contributed by atoms with Gasteiger partial charge < -0.3 is 10.5 Å². The molecule has 2 nitrogen and oxygen atoms in total. The summed E-state index contributed by atoms with van der Waals surface area (Å²) >= 11 is 1.98. The van der Waals surface area contributed by atoms with Crippen LogP contribution in [0.1, 0.15) is 26.7 Å². The van der Waals surface area contributed by atoms with Crippen molar-refractivity contribution in [1.82, 2.24) is 0 Å². The molecule has 0 aliphatic carbocycles. The SMILES string of the molecule is CC(C)CCOCCC1CSCC1N. The molecule has 1 heterocycles. The highest BCUT2D eigenvalue weighted by Crippen LogP contribution is 2.25. The molecule has 0 amide bonds. The highest BCUT2D eigenvalue weighted by molar-refractivity contribution is 7.99. The van der Waals surface area contributed by atoms with Gasteiger partial charge in [0.1, 0.15) is 0 Å². The first kappa shape index (κ1) is 12.3. The molecule has 2 atom stereocenters. The Kier molecular flexibility index (Phi) is 5.90. The summed E-state index contributed by atoms with van der Waals surface area (Å²) in [4.78, 5) is 0. The maximum atomic E-state index is 5.97. The minimum Gasteiger partial charge on any atom is -0.381 e. The summed E-state index contributed by atoms with van der Waals surface area (Å²) in [6, 6.07) is 0.411. The number of nitrogens with two attached hydrogens (primary N) is 1. The van der Waals surface area contributed by atoms with Crippen molar-refractivity contribution < 1.29 is 4.74 Å². The average molecular weight is 217 g/mol. The Bertz CT molecular complexity index is 152. The number of rotatable bonds is 6. The van der Waals surface area contributed by atoms with E-state index in [0.717, 1.165) is 31.3 Å². The van der Waals surface area contributed by atoms with Crippen molar-refractivity contribution in [3.63, 3.8) is 0 Å². The summed E-state index contributed by atoms with van der Waals surface area (Å²) < 4.78 is 5.59. The summed E-state index contributed by atoms with van der Waals surface area (Å²) in [5.74, 6) is 3.81. The van der Waals surface area contributed by atoms with Crippen LogP contribution in [0.25, 0.3) is 0 Å². The average Bonchev–Trinajstić information content (AvgIpc) is 2.51. The lowest BCUT2D eigenvalue weighted by Crippen LogP contribution is -2.29. The number of ether oxygens (including phenoxy) is 1. The van der Waals surface area contributed by atoms with E-state index < -0.39 is 0 Å². The second-order valence-corrected chi connectivity index (χ2v) is 5.62. The molecule has 3 heteroatoms. The largest absolute Gasteiger partial charge is 0.381 e. The van der Waals surface area contributed by atoms with Gasteiger partial charge in [0.05, 0.1) is 0 Å². The van der Waals surface area contributed by atoms with Gasteiger partial charge in [-0.1, -0.05) is 13.8 Å². The Morgan fingerprint density at radius 3 is 2.71 bits per heavy atom. The van der Waals surface area contributed by atoms with Crippen LogP contribution < -0.4 is 5.73 Å². The maximum Gasteiger partial charge on any atom is 0.0469 e. The monoisotopic (exact) mass is 217 g/mol. The zero-order valence-electron chi connectivity index (χ0n) is 9.37. The van der Waals surface area contributed by atoms with Crippen molar-refractivity contribution in [1.29, 1.82) is 0 Å². The third-order valence-electron chi connectivity index (χ3n) is 2.72. The molecule has 0 aromatic rings. The standard InChI is InChI=1S/C11H23NOS/c1-9(2)3-5-13-6-4-10-7-14-8-11(10)12/h9-11H,3-8,12H2,1-2H3. The summed E-state index contributed by atoms with van der Waals surface area (Å²) in [5.41, 5.74) is 5.97. The molecule has 2 unspecified atom stereocenters. The van der Waals surface area contributed by atoms with Gasteiger partial charge in [0.25, 0.3) is 0 Å². The first-order chi connectivity index (χ1) is 6.70. The Balaban J connectivity index is 1.93. The molecule has 84 valence electrons. The molecule has 1 aliphatic rings. The van der Waals surface area contributed by atoms with Gasteiger partial charge in [0.2, 0.25) is 0 Å².